The van der Waals surface area contributed by atoms with E-state index in [1.807, 2.05) is 12.1 Å². The summed E-state index contributed by atoms with van der Waals surface area (Å²) in [6.45, 7) is 2.31. The number of amides is 4. The maximum atomic E-state index is 12.4. The van der Waals surface area contributed by atoms with Crippen molar-refractivity contribution in [2.24, 2.45) is 0 Å². The van der Waals surface area contributed by atoms with E-state index in [0.29, 0.717) is 6.54 Å². The van der Waals surface area contributed by atoms with Gasteiger partial charge in [-0.05, 0) is 18.9 Å². The number of anilines is 1. The lowest BCUT2D eigenvalue weighted by Gasteiger charge is -2.27. The van der Waals surface area contributed by atoms with Gasteiger partial charge < -0.3 is 15.1 Å². The standard InChI is InChI=1S/C20H29N5O3/c1-23-16(19(27)24(2)20(23)28)13-17(26)22-14-15-9-8-10-21-18(15)25-11-6-4-3-5-7-12-25/h8-10,16H,3-7,11-14H2,1-2H3,(H,22,26). The number of urea groups is 1. The van der Waals surface area contributed by atoms with Crippen LogP contribution in [0.1, 0.15) is 44.1 Å². The second-order valence-electron chi connectivity index (χ2n) is 7.53. The molecule has 2 aliphatic heterocycles. The van der Waals surface area contributed by atoms with E-state index in [1.54, 1.807) is 13.2 Å². The molecule has 8 nitrogen and oxygen atoms in total. The van der Waals surface area contributed by atoms with E-state index >= 15 is 0 Å². The molecule has 1 aromatic heterocycles. The van der Waals surface area contributed by atoms with Crippen LogP contribution in [0.4, 0.5) is 10.6 Å². The molecule has 4 amide bonds. The number of aromatic nitrogens is 1. The van der Waals surface area contributed by atoms with Gasteiger partial charge >= 0.3 is 6.03 Å². The lowest BCUT2D eigenvalue weighted by Crippen LogP contribution is -2.37. The van der Waals surface area contributed by atoms with Gasteiger partial charge in [-0.1, -0.05) is 25.3 Å². The number of rotatable bonds is 5. The number of carbonyl (C=O) groups excluding carboxylic acids is 3. The second kappa shape index (κ2) is 9.03. The van der Waals surface area contributed by atoms with Crippen LogP contribution in [-0.4, -0.2) is 65.9 Å². The summed E-state index contributed by atoms with van der Waals surface area (Å²) in [4.78, 5) is 45.6. The molecule has 28 heavy (non-hydrogen) atoms. The third kappa shape index (κ3) is 4.43. The number of likely N-dealkylation sites (N-methyl/N-ethyl adjacent to an activating group) is 2. The number of hydrogen-bond acceptors (Lipinski definition) is 5. The first-order chi connectivity index (χ1) is 13.5. The van der Waals surface area contributed by atoms with Crippen LogP contribution in [0.25, 0.3) is 0 Å². The Kier molecular flexibility index (Phi) is 6.49. The van der Waals surface area contributed by atoms with Crippen molar-refractivity contribution >= 4 is 23.7 Å². The molecule has 0 aliphatic carbocycles. The van der Waals surface area contributed by atoms with Gasteiger partial charge in [-0.25, -0.2) is 9.78 Å². The summed E-state index contributed by atoms with van der Waals surface area (Å²) in [5.74, 6) is 0.329. The van der Waals surface area contributed by atoms with Crippen molar-refractivity contribution < 1.29 is 14.4 Å². The molecule has 3 rings (SSSR count). The molecular formula is C20H29N5O3. The van der Waals surface area contributed by atoms with Gasteiger partial charge in [-0.15, -0.1) is 0 Å². The molecule has 152 valence electrons. The maximum absolute atomic E-state index is 12.4. The van der Waals surface area contributed by atoms with Gasteiger partial charge in [-0.3, -0.25) is 14.5 Å². The van der Waals surface area contributed by atoms with Crippen molar-refractivity contribution in [1.29, 1.82) is 0 Å². The zero-order chi connectivity index (χ0) is 20.1. The largest absolute Gasteiger partial charge is 0.356 e. The summed E-state index contributed by atoms with van der Waals surface area (Å²) < 4.78 is 0. The molecule has 2 saturated heterocycles. The third-order valence-electron chi connectivity index (χ3n) is 5.55. The number of imide groups is 1. The molecule has 0 radical (unpaired) electrons. The van der Waals surface area contributed by atoms with Crippen molar-refractivity contribution in [3.63, 3.8) is 0 Å². The Morgan fingerprint density at radius 1 is 1.14 bits per heavy atom. The average Bonchev–Trinajstić information content (AvgIpc) is 2.84. The highest BCUT2D eigenvalue weighted by molar-refractivity contribution is 6.05. The van der Waals surface area contributed by atoms with E-state index < -0.39 is 6.04 Å². The van der Waals surface area contributed by atoms with Gasteiger partial charge in [0.25, 0.3) is 5.91 Å². The fraction of sp³-hybridized carbons (Fsp3) is 0.600. The van der Waals surface area contributed by atoms with Gasteiger partial charge in [-0.2, -0.15) is 0 Å². The van der Waals surface area contributed by atoms with Gasteiger partial charge in [0.2, 0.25) is 5.91 Å². The molecule has 1 N–H and O–H groups in total. The molecule has 0 saturated carbocycles. The molecule has 0 bridgehead atoms. The molecule has 1 aromatic rings. The van der Waals surface area contributed by atoms with E-state index in [-0.39, 0.29) is 24.3 Å². The zero-order valence-electron chi connectivity index (χ0n) is 16.7. The van der Waals surface area contributed by atoms with Crippen LogP contribution in [-0.2, 0) is 16.1 Å². The van der Waals surface area contributed by atoms with E-state index in [0.717, 1.165) is 42.2 Å². The van der Waals surface area contributed by atoms with E-state index in [9.17, 15) is 14.4 Å². The van der Waals surface area contributed by atoms with Crippen LogP contribution >= 0.6 is 0 Å². The Balaban J connectivity index is 1.61. The molecule has 0 aromatic carbocycles. The van der Waals surface area contributed by atoms with E-state index in [2.05, 4.69) is 15.2 Å². The smallest absolute Gasteiger partial charge is 0.326 e. The Bertz CT molecular complexity index is 730. The average molecular weight is 387 g/mol. The molecule has 0 spiro atoms. The quantitative estimate of drug-likeness (QED) is 0.778. The van der Waals surface area contributed by atoms with Gasteiger partial charge in [0.15, 0.2) is 0 Å². The molecule has 1 atom stereocenters. The summed E-state index contributed by atoms with van der Waals surface area (Å²) in [5, 5.41) is 2.89. The van der Waals surface area contributed by atoms with E-state index in [4.69, 9.17) is 0 Å². The predicted molar refractivity (Wildman–Crippen MR) is 106 cm³/mol. The summed E-state index contributed by atoms with van der Waals surface area (Å²) in [7, 11) is 2.98. The molecule has 8 heteroatoms. The van der Waals surface area contributed by atoms with Crippen LogP contribution in [0.3, 0.4) is 0 Å². The Hall–Kier alpha value is -2.64. The Morgan fingerprint density at radius 3 is 2.46 bits per heavy atom. The SMILES string of the molecule is CN1C(=O)C(CC(=O)NCc2cccnc2N2CCCCCCC2)N(C)C1=O. The lowest BCUT2D eigenvalue weighted by molar-refractivity contribution is -0.131. The van der Waals surface area contributed by atoms with Crippen LogP contribution in [0.15, 0.2) is 18.3 Å². The Morgan fingerprint density at radius 2 is 1.82 bits per heavy atom. The molecule has 3 heterocycles. The Labute approximate surface area is 165 Å². The third-order valence-corrected chi connectivity index (χ3v) is 5.55. The zero-order valence-corrected chi connectivity index (χ0v) is 16.7. The predicted octanol–water partition coefficient (Wildman–Crippen LogP) is 1.75. The fourth-order valence-electron chi connectivity index (χ4n) is 3.83. The minimum atomic E-state index is -0.736. The van der Waals surface area contributed by atoms with Crippen molar-refractivity contribution in [3.05, 3.63) is 23.9 Å². The molecule has 2 aliphatic rings. The highest BCUT2D eigenvalue weighted by Gasteiger charge is 2.41. The lowest BCUT2D eigenvalue weighted by atomic mass is 10.1. The number of nitrogens with zero attached hydrogens (tertiary/aromatic N) is 4. The topological polar surface area (TPSA) is 85.8 Å². The van der Waals surface area contributed by atoms with Crippen molar-refractivity contribution in [2.45, 2.75) is 51.1 Å². The highest BCUT2D eigenvalue weighted by atomic mass is 16.2. The van der Waals surface area contributed by atoms with Crippen molar-refractivity contribution in [2.75, 3.05) is 32.1 Å². The van der Waals surface area contributed by atoms with Crippen LogP contribution in [0.2, 0.25) is 0 Å². The number of pyridine rings is 1. The van der Waals surface area contributed by atoms with Crippen molar-refractivity contribution in [1.82, 2.24) is 20.1 Å². The minimum Gasteiger partial charge on any atom is -0.356 e. The number of hydrogen-bond donors (Lipinski definition) is 1. The summed E-state index contributed by atoms with van der Waals surface area (Å²) >= 11 is 0. The second-order valence-corrected chi connectivity index (χ2v) is 7.53. The molecular weight excluding hydrogens is 358 g/mol. The minimum absolute atomic E-state index is 0.0370. The van der Waals surface area contributed by atoms with Crippen LogP contribution < -0.4 is 10.2 Å². The fourth-order valence-corrected chi connectivity index (χ4v) is 3.83. The number of nitrogens with one attached hydrogen (secondary N) is 1. The summed E-state index contributed by atoms with van der Waals surface area (Å²) in [6, 6.07) is 2.73. The molecule has 1 unspecified atom stereocenters. The van der Waals surface area contributed by atoms with Gasteiger partial charge in [0.05, 0.1) is 6.42 Å². The monoisotopic (exact) mass is 387 g/mol. The van der Waals surface area contributed by atoms with Crippen LogP contribution in [0, 0.1) is 0 Å². The summed E-state index contributed by atoms with van der Waals surface area (Å²) in [6.07, 6.45) is 7.83. The van der Waals surface area contributed by atoms with Gasteiger partial charge in [0.1, 0.15) is 11.9 Å². The first-order valence-corrected chi connectivity index (χ1v) is 9.99. The first-order valence-electron chi connectivity index (χ1n) is 9.99. The first kappa shape index (κ1) is 20.1. The highest BCUT2D eigenvalue weighted by Crippen LogP contribution is 2.21. The van der Waals surface area contributed by atoms with Crippen molar-refractivity contribution in [3.8, 4) is 0 Å². The van der Waals surface area contributed by atoms with Gasteiger partial charge in [0, 0.05) is 45.5 Å². The van der Waals surface area contributed by atoms with Crippen LogP contribution in [0.5, 0.6) is 0 Å². The summed E-state index contributed by atoms with van der Waals surface area (Å²) in [5.41, 5.74) is 0.968. The maximum Gasteiger partial charge on any atom is 0.326 e. The van der Waals surface area contributed by atoms with E-state index in [1.165, 1.54) is 31.2 Å². The normalized spacial score (nSPS) is 20.9. The number of carbonyl (C=O) groups is 3. The molecule has 2 fully saturated rings.